The third kappa shape index (κ3) is 3.66. The van der Waals surface area contributed by atoms with Crippen LogP contribution in [0.1, 0.15) is 22.7 Å². The first-order valence-electron chi connectivity index (χ1n) is 6.51. The Morgan fingerprint density at radius 2 is 2.29 bits per heavy atom. The fraction of sp³-hybridized carbons (Fsp3) is 0.538. The van der Waals surface area contributed by atoms with Gasteiger partial charge in [0.2, 0.25) is 5.82 Å². The Bertz CT molecular complexity index is 549. The molecule has 1 atom stereocenters. The SMILES string of the molecule is COC(=O)c1nc(C)cc(N2CCOCC2CC(=O)O)n1. The first kappa shape index (κ1) is 15.2. The van der Waals surface area contributed by atoms with Crippen molar-refractivity contribution >= 4 is 17.8 Å². The average Bonchev–Trinajstić information content (AvgIpc) is 2.45. The smallest absolute Gasteiger partial charge is 0.376 e. The second-order valence-corrected chi connectivity index (χ2v) is 4.70. The highest BCUT2D eigenvalue weighted by molar-refractivity contribution is 5.85. The molecular weight excluding hydrogens is 278 g/mol. The zero-order chi connectivity index (χ0) is 15.4. The molecule has 1 fully saturated rings. The quantitative estimate of drug-likeness (QED) is 0.789. The molecule has 2 rings (SSSR count). The summed E-state index contributed by atoms with van der Waals surface area (Å²) in [6, 6.07) is 1.39. The predicted molar refractivity (Wildman–Crippen MR) is 72.3 cm³/mol. The van der Waals surface area contributed by atoms with Gasteiger partial charge in [-0.3, -0.25) is 4.79 Å². The number of carboxylic acid groups (broad SMARTS) is 1. The van der Waals surface area contributed by atoms with Crippen molar-refractivity contribution in [1.82, 2.24) is 9.97 Å². The van der Waals surface area contributed by atoms with E-state index in [4.69, 9.17) is 9.84 Å². The summed E-state index contributed by atoms with van der Waals surface area (Å²) in [6.07, 6.45) is -0.0589. The van der Waals surface area contributed by atoms with E-state index in [1.54, 1.807) is 13.0 Å². The van der Waals surface area contributed by atoms with E-state index in [2.05, 4.69) is 14.7 Å². The number of ether oxygens (including phenoxy) is 2. The van der Waals surface area contributed by atoms with Gasteiger partial charge in [0, 0.05) is 18.3 Å². The lowest BCUT2D eigenvalue weighted by molar-refractivity contribution is -0.138. The van der Waals surface area contributed by atoms with Crippen LogP contribution in [-0.4, -0.2) is 59.9 Å². The molecule has 1 unspecified atom stereocenters. The van der Waals surface area contributed by atoms with E-state index in [1.165, 1.54) is 7.11 Å². The molecule has 1 saturated heterocycles. The molecule has 0 aromatic carbocycles. The van der Waals surface area contributed by atoms with Crippen molar-refractivity contribution in [3.05, 3.63) is 17.6 Å². The van der Waals surface area contributed by atoms with Crippen molar-refractivity contribution in [3.8, 4) is 0 Å². The van der Waals surface area contributed by atoms with Crippen molar-refractivity contribution in [2.45, 2.75) is 19.4 Å². The number of morpholine rings is 1. The number of hydrogen-bond acceptors (Lipinski definition) is 7. The molecule has 1 N–H and O–H groups in total. The summed E-state index contributed by atoms with van der Waals surface area (Å²) in [5, 5.41) is 8.98. The van der Waals surface area contributed by atoms with Gasteiger partial charge < -0.3 is 19.5 Å². The Morgan fingerprint density at radius 1 is 1.52 bits per heavy atom. The topological polar surface area (TPSA) is 102 Å². The highest BCUT2D eigenvalue weighted by atomic mass is 16.5. The minimum Gasteiger partial charge on any atom is -0.481 e. The largest absolute Gasteiger partial charge is 0.481 e. The zero-order valence-corrected chi connectivity index (χ0v) is 11.9. The number of nitrogens with zero attached hydrogens (tertiary/aromatic N) is 3. The Kier molecular flexibility index (Phi) is 4.69. The van der Waals surface area contributed by atoms with Crippen LogP contribution in [0.25, 0.3) is 0 Å². The number of methoxy groups -OCH3 is 1. The molecule has 8 heteroatoms. The van der Waals surface area contributed by atoms with E-state index in [-0.39, 0.29) is 18.3 Å². The van der Waals surface area contributed by atoms with Gasteiger partial charge in [0.1, 0.15) is 5.82 Å². The van der Waals surface area contributed by atoms with Gasteiger partial charge in [-0.25, -0.2) is 14.8 Å². The number of carbonyl (C=O) groups excluding carboxylic acids is 1. The second-order valence-electron chi connectivity index (χ2n) is 4.70. The van der Waals surface area contributed by atoms with E-state index >= 15 is 0 Å². The van der Waals surface area contributed by atoms with Crippen LogP contribution in [-0.2, 0) is 14.3 Å². The number of aryl methyl sites for hydroxylation is 1. The summed E-state index contributed by atoms with van der Waals surface area (Å²) in [7, 11) is 1.26. The zero-order valence-electron chi connectivity index (χ0n) is 11.9. The van der Waals surface area contributed by atoms with Crippen molar-refractivity contribution in [3.63, 3.8) is 0 Å². The molecule has 21 heavy (non-hydrogen) atoms. The van der Waals surface area contributed by atoms with Crippen LogP contribution in [0, 0.1) is 6.92 Å². The third-order valence-corrected chi connectivity index (χ3v) is 3.14. The van der Waals surface area contributed by atoms with Crippen LogP contribution in [0.5, 0.6) is 0 Å². The summed E-state index contributed by atoms with van der Waals surface area (Å²) in [6.45, 7) is 3.04. The molecular formula is C13H17N3O5. The standard InChI is InChI=1S/C13H17N3O5/c1-8-5-10(15-12(14-8)13(19)20-2)16-3-4-21-7-9(16)6-11(17)18/h5,9H,3-4,6-7H2,1-2H3,(H,17,18). The van der Waals surface area contributed by atoms with E-state index in [0.29, 0.717) is 31.3 Å². The summed E-state index contributed by atoms with van der Waals surface area (Å²) in [5.41, 5.74) is 0.612. The van der Waals surface area contributed by atoms with E-state index < -0.39 is 11.9 Å². The van der Waals surface area contributed by atoms with Gasteiger partial charge in [-0.2, -0.15) is 0 Å². The summed E-state index contributed by atoms with van der Waals surface area (Å²) in [4.78, 5) is 32.6. The monoisotopic (exact) mass is 295 g/mol. The normalized spacial score (nSPS) is 18.4. The Morgan fingerprint density at radius 3 is 2.95 bits per heavy atom. The van der Waals surface area contributed by atoms with Gasteiger partial charge in [0.25, 0.3) is 0 Å². The van der Waals surface area contributed by atoms with Crippen LogP contribution < -0.4 is 4.90 Å². The van der Waals surface area contributed by atoms with Gasteiger partial charge in [-0.1, -0.05) is 0 Å². The lowest BCUT2D eigenvalue weighted by atomic mass is 10.1. The van der Waals surface area contributed by atoms with Crippen molar-refractivity contribution < 1.29 is 24.2 Å². The van der Waals surface area contributed by atoms with Gasteiger partial charge >= 0.3 is 11.9 Å². The number of aliphatic carboxylic acids is 1. The second kappa shape index (κ2) is 6.49. The van der Waals surface area contributed by atoms with Crippen molar-refractivity contribution in [2.24, 2.45) is 0 Å². The lowest BCUT2D eigenvalue weighted by Gasteiger charge is -2.35. The number of aromatic nitrogens is 2. The van der Waals surface area contributed by atoms with Crippen LogP contribution in [0.4, 0.5) is 5.82 Å². The fourth-order valence-electron chi connectivity index (χ4n) is 2.21. The van der Waals surface area contributed by atoms with E-state index in [9.17, 15) is 9.59 Å². The van der Waals surface area contributed by atoms with Gasteiger partial charge in [-0.05, 0) is 6.92 Å². The molecule has 2 heterocycles. The highest BCUT2D eigenvalue weighted by Gasteiger charge is 2.27. The summed E-state index contributed by atoms with van der Waals surface area (Å²) >= 11 is 0. The molecule has 8 nitrogen and oxygen atoms in total. The predicted octanol–water partition coefficient (Wildman–Crippen LogP) is 0.252. The number of carbonyl (C=O) groups is 2. The molecule has 0 saturated carbocycles. The maximum atomic E-state index is 11.6. The van der Waals surface area contributed by atoms with Crippen LogP contribution >= 0.6 is 0 Å². The van der Waals surface area contributed by atoms with Crippen LogP contribution in [0.3, 0.4) is 0 Å². The minimum atomic E-state index is -0.908. The number of anilines is 1. The number of rotatable bonds is 4. The molecule has 1 aliphatic heterocycles. The molecule has 114 valence electrons. The van der Waals surface area contributed by atoms with E-state index in [1.807, 2.05) is 4.90 Å². The van der Waals surface area contributed by atoms with Gasteiger partial charge in [-0.15, -0.1) is 0 Å². The molecule has 0 radical (unpaired) electrons. The van der Waals surface area contributed by atoms with Gasteiger partial charge in [0.05, 0.1) is 32.8 Å². The average molecular weight is 295 g/mol. The first-order valence-corrected chi connectivity index (χ1v) is 6.51. The maximum absolute atomic E-state index is 11.6. The van der Waals surface area contributed by atoms with Crippen molar-refractivity contribution in [1.29, 1.82) is 0 Å². The van der Waals surface area contributed by atoms with Crippen LogP contribution in [0.2, 0.25) is 0 Å². The molecule has 1 aliphatic rings. The van der Waals surface area contributed by atoms with Crippen LogP contribution in [0.15, 0.2) is 6.07 Å². The maximum Gasteiger partial charge on any atom is 0.376 e. The molecule has 0 spiro atoms. The highest BCUT2D eigenvalue weighted by Crippen LogP contribution is 2.20. The Labute approximate surface area is 121 Å². The molecule has 0 aliphatic carbocycles. The van der Waals surface area contributed by atoms with Crippen molar-refractivity contribution in [2.75, 3.05) is 31.8 Å². The Balaban J connectivity index is 2.31. The molecule has 0 bridgehead atoms. The molecule has 1 aromatic heterocycles. The number of esters is 1. The fourth-order valence-corrected chi connectivity index (χ4v) is 2.21. The summed E-state index contributed by atoms with van der Waals surface area (Å²) in [5.74, 6) is -1.05. The number of carboxylic acids is 1. The number of hydrogen-bond donors (Lipinski definition) is 1. The lowest BCUT2D eigenvalue weighted by Crippen LogP contribution is -2.47. The third-order valence-electron chi connectivity index (χ3n) is 3.14. The molecule has 1 aromatic rings. The minimum absolute atomic E-state index is 0.0342. The first-order chi connectivity index (χ1) is 10.0. The Hall–Kier alpha value is -2.22. The molecule has 0 amide bonds. The summed E-state index contributed by atoms with van der Waals surface area (Å²) < 4.78 is 9.95. The van der Waals surface area contributed by atoms with Gasteiger partial charge in [0.15, 0.2) is 0 Å². The van der Waals surface area contributed by atoms with E-state index in [0.717, 1.165) is 0 Å².